The Labute approximate surface area is 92.3 Å². The highest BCUT2D eigenvalue weighted by Gasteiger charge is 2.11. The molecule has 0 saturated heterocycles. The molecule has 1 N–H and O–H groups in total. The van der Waals surface area contributed by atoms with Gasteiger partial charge in [-0.15, -0.1) is 0 Å². The van der Waals surface area contributed by atoms with E-state index in [1.807, 2.05) is 0 Å². The summed E-state index contributed by atoms with van der Waals surface area (Å²) >= 11 is 9.04. The lowest BCUT2D eigenvalue weighted by Crippen LogP contribution is -2.01. The van der Waals surface area contributed by atoms with Gasteiger partial charge in [-0.05, 0) is 15.9 Å². The van der Waals surface area contributed by atoms with Gasteiger partial charge in [0, 0.05) is 12.3 Å². The molecule has 4 nitrogen and oxygen atoms in total. The summed E-state index contributed by atoms with van der Waals surface area (Å²) in [6.45, 7) is 0. The van der Waals surface area contributed by atoms with Crippen molar-refractivity contribution in [2.45, 2.75) is 0 Å². The number of halogens is 2. The number of aromatic carboxylic acids is 1. The fraction of sp³-hybridized carbons (Fsp3) is 0. The highest BCUT2D eigenvalue weighted by molar-refractivity contribution is 9.10. The molecule has 0 saturated carbocycles. The van der Waals surface area contributed by atoms with Crippen LogP contribution in [0.2, 0.25) is 5.02 Å². The fourth-order valence-corrected chi connectivity index (χ4v) is 1.60. The first-order valence-corrected chi connectivity index (χ1v) is 4.82. The zero-order valence-electron chi connectivity index (χ0n) is 6.74. The van der Waals surface area contributed by atoms with E-state index in [1.165, 1.54) is 10.6 Å². The summed E-state index contributed by atoms with van der Waals surface area (Å²) in [6.07, 6.45) is 2.87. The molecule has 14 heavy (non-hydrogen) atoms. The minimum Gasteiger partial charge on any atom is -0.477 e. The molecule has 6 heteroatoms. The lowest BCUT2D eigenvalue weighted by Gasteiger charge is -1.99. The average Bonchev–Trinajstić information content (AvgIpc) is 2.48. The van der Waals surface area contributed by atoms with Crippen molar-refractivity contribution < 1.29 is 9.90 Å². The quantitative estimate of drug-likeness (QED) is 0.870. The van der Waals surface area contributed by atoms with Crippen molar-refractivity contribution in [3.63, 3.8) is 0 Å². The van der Waals surface area contributed by atoms with E-state index in [9.17, 15) is 4.79 Å². The minimum absolute atomic E-state index is 0.109. The van der Waals surface area contributed by atoms with Crippen LogP contribution in [0.4, 0.5) is 0 Å². The molecule has 0 aliphatic carbocycles. The molecule has 72 valence electrons. The van der Waals surface area contributed by atoms with E-state index in [-0.39, 0.29) is 5.69 Å². The van der Waals surface area contributed by atoms with E-state index in [0.717, 1.165) is 0 Å². The molecule has 2 rings (SSSR count). The van der Waals surface area contributed by atoms with Gasteiger partial charge in [-0.1, -0.05) is 11.6 Å². The van der Waals surface area contributed by atoms with Crippen LogP contribution in [0.5, 0.6) is 0 Å². The van der Waals surface area contributed by atoms with Gasteiger partial charge in [-0.25, -0.2) is 9.78 Å². The summed E-state index contributed by atoms with van der Waals surface area (Å²) in [5.74, 6) is -1.02. The van der Waals surface area contributed by atoms with Gasteiger partial charge >= 0.3 is 5.97 Å². The number of imidazole rings is 1. The van der Waals surface area contributed by atoms with Gasteiger partial charge in [0.1, 0.15) is 5.65 Å². The second kappa shape index (κ2) is 3.25. The zero-order chi connectivity index (χ0) is 10.3. The first-order chi connectivity index (χ1) is 6.59. The monoisotopic (exact) mass is 274 g/mol. The molecule has 0 bridgehead atoms. The molecule has 0 aliphatic heterocycles. The zero-order valence-corrected chi connectivity index (χ0v) is 9.08. The molecule has 0 fully saturated rings. The molecule has 0 amide bonds. The first kappa shape index (κ1) is 9.48. The Kier molecular flexibility index (Phi) is 2.20. The largest absolute Gasteiger partial charge is 0.477 e. The predicted octanol–water partition coefficient (Wildman–Crippen LogP) is 2.45. The Hall–Kier alpha value is -1.07. The van der Waals surface area contributed by atoms with Crippen LogP contribution in [0.1, 0.15) is 10.5 Å². The Balaban J connectivity index is 2.80. The molecular formula is C8H4BrClN2O2. The molecule has 0 radical (unpaired) electrons. The van der Waals surface area contributed by atoms with Crippen molar-refractivity contribution >= 4 is 39.1 Å². The number of aromatic nitrogens is 2. The number of carbonyl (C=O) groups is 1. The number of hydrogen-bond donors (Lipinski definition) is 1. The summed E-state index contributed by atoms with van der Waals surface area (Å²) in [5.41, 5.74) is 0.618. The third-order valence-corrected chi connectivity index (χ3v) is 2.94. The molecular weight excluding hydrogens is 271 g/mol. The number of pyridine rings is 1. The van der Waals surface area contributed by atoms with Crippen molar-refractivity contribution in [2.24, 2.45) is 0 Å². The lowest BCUT2D eigenvalue weighted by atomic mass is 10.4. The Morgan fingerprint density at radius 1 is 1.64 bits per heavy atom. The van der Waals surface area contributed by atoms with Crippen LogP contribution in [-0.4, -0.2) is 20.5 Å². The number of hydrogen-bond acceptors (Lipinski definition) is 2. The normalized spacial score (nSPS) is 10.7. The maximum Gasteiger partial charge on any atom is 0.354 e. The SMILES string of the molecule is O=C(O)c1cnc2cc(Cl)c(Br)cn12. The van der Waals surface area contributed by atoms with Crippen LogP contribution >= 0.6 is 27.5 Å². The van der Waals surface area contributed by atoms with E-state index in [1.54, 1.807) is 12.3 Å². The van der Waals surface area contributed by atoms with Crippen molar-refractivity contribution in [1.29, 1.82) is 0 Å². The van der Waals surface area contributed by atoms with Gasteiger partial charge in [0.25, 0.3) is 0 Å². The lowest BCUT2D eigenvalue weighted by molar-refractivity contribution is 0.0689. The van der Waals surface area contributed by atoms with Gasteiger partial charge in [0.05, 0.1) is 15.7 Å². The standard InChI is InChI=1S/C8H4BrClN2O2/c9-4-3-12-6(8(13)14)2-11-7(12)1-5(4)10/h1-3H,(H,13,14). The number of fused-ring (bicyclic) bond motifs is 1. The maximum atomic E-state index is 10.8. The molecule has 2 aromatic heterocycles. The van der Waals surface area contributed by atoms with Gasteiger partial charge in [-0.3, -0.25) is 4.40 Å². The first-order valence-electron chi connectivity index (χ1n) is 3.65. The van der Waals surface area contributed by atoms with E-state index >= 15 is 0 Å². The van der Waals surface area contributed by atoms with Crippen LogP contribution in [0.3, 0.4) is 0 Å². The second-order valence-electron chi connectivity index (χ2n) is 2.65. The molecule has 0 atom stereocenters. The minimum atomic E-state index is -1.02. The third kappa shape index (κ3) is 1.38. The second-order valence-corrected chi connectivity index (χ2v) is 3.91. The van der Waals surface area contributed by atoms with E-state index < -0.39 is 5.97 Å². The van der Waals surface area contributed by atoms with Crippen LogP contribution in [-0.2, 0) is 0 Å². The van der Waals surface area contributed by atoms with Crippen molar-refractivity contribution in [1.82, 2.24) is 9.38 Å². The van der Waals surface area contributed by atoms with Crippen LogP contribution in [0.25, 0.3) is 5.65 Å². The van der Waals surface area contributed by atoms with E-state index in [2.05, 4.69) is 20.9 Å². The smallest absolute Gasteiger partial charge is 0.354 e. The van der Waals surface area contributed by atoms with E-state index in [4.69, 9.17) is 16.7 Å². The highest BCUT2D eigenvalue weighted by atomic mass is 79.9. The number of rotatable bonds is 1. The molecule has 0 aliphatic rings. The van der Waals surface area contributed by atoms with Crippen LogP contribution in [0.15, 0.2) is 22.9 Å². The topological polar surface area (TPSA) is 54.6 Å². The summed E-state index contributed by atoms with van der Waals surface area (Å²) in [7, 11) is 0. The summed E-state index contributed by atoms with van der Waals surface area (Å²) < 4.78 is 2.09. The summed E-state index contributed by atoms with van der Waals surface area (Å²) in [5, 5.41) is 9.32. The Bertz CT molecular complexity index is 523. The fourth-order valence-electron chi connectivity index (χ4n) is 1.13. The predicted molar refractivity (Wildman–Crippen MR) is 54.9 cm³/mol. The Morgan fingerprint density at radius 2 is 2.36 bits per heavy atom. The van der Waals surface area contributed by atoms with Gasteiger partial charge in [0.15, 0.2) is 5.69 Å². The number of carboxylic acid groups (broad SMARTS) is 1. The molecule has 2 aromatic rings. The van der Waals surface area contributed by atoms with Crippen molar-refractivity contribution in [3.05, 3.63) is 33.6 Å². The third-order valence-electron chi connectivity index (χ3n) is 1.77. The Morgan fingerprint density at radius 3 is 3.00 bits per heavy atom. The number of nitrogens with zero attached hydrogens (tertiary/aromatic N) is 2. The van der Waals surface area contributed by atoms with Crippen molar-refractivity contribution in [3.8, 4) is 0 Å². The maximum absolute atomic E-state index is 10.8. The van der Waals surface area contributed by atoms with Gasteiger partial charge in [-0.2, -0.15) is 0 Å². The average molecular weight is 275 g/mol. The summed E-state index contributed by atoms with van der Waals surface area (Å²) in [6, 6.07) is 1.60. The highest BCUT2D eigenvalue weighted by Crippen LogP contribution is 2.24. The molecule has 0 spiro atoms. The van der Waals surface area contributed by atoms with Gasteiger partial charge < -0.3 is 5.11 Å². The van der Waals surface area contributed by atoms with E-state index in [0.29, 0.717) is 15.1 Å². The van der Waals surface area contributed by atoms with Crippen molar-refractivity contribution in [2.75, 3.05) is 0 Å². The number of carboxylic acids is 1. The molecule has 0 aromatic carbocycles. The van der Waals surface area contributed by atoms with Gasteiger partial charge in [0.2, 0.25) is 0 Å². The van der Waals surface area contributed by atoms with Crippen LogP contribution in [0, 0.1) is 0 Å². The molecule has 0 unspecified atom stereocenters. The van der Waals surface area contributed by atoms with Crippen LogP contribution < -0.4 is 0 Å². The molecule has 2 heterocycles. The summed E-state index contributed by atoms with van der Waals surface area (Å²) in [4.78, 5) is 14.7.